The third-order valence-corrected chi connectivity index (χ3v) is 6.10. The molecule has 1 fully saturated rings. The highest BCUT2D eigenvalue weighted by atomic mass is 16.7. The zero-order valence-electron chi connectivity index (χ0n) is 23.0. The first-order valence-corrected chi connectivity index (χ1v) is 12.9. The zero-order chi connectivity index (χ0) is 29.8. The Morgan fingerprint density at radius 2 is 1.80 bits per heavy atom. The molecule has 0 unspecified atom stereocenters. The fraction of sp³-hybridized carbons (Fsp3) is 0.444. The largest absolute Gasteiger partial charge is 0.536 e. The van der Waals surface area contributed by atoms with Crippen LogP contribution in [0.15, 0.2) is 48.9 Å². The monoisotopic (exact) mass is 567 g/mol. The number of ether oxygens (including phenoxy) is 3. The Hall–Kier alpha value is -4.33. The molecule has 2 aromatic rings. The maximum Gasteiger partial charge on any atom is 0.398 e. The van der Waals surface area contributed by atoms with E-state index in [0.717, 1.165) is 20.2 Å². The Morgan fingerprint density at radius 1 is 1.07 bits per heavy atom. The summed E-state index contributed by atoms with van der Waals surface area (Å²) >= 11 is 0. The summed E-state index contributed by atoms with van der Waals surface area (Å²) in [4.78, 5) is 70.9. The molecular weight excluding hydrogens is 535 g/mol. The number of amides is 2. The van der Waals surface area contributed by atoms with Crippen LogP contribution in [0.2, 0.25) is 0 Å². The smallest absolute Gasteiger partial charge is 0.398 e. The summed E-state index contributed by atoms with van der Waals surface area (Å²) in [6.45, 7) is 3.42. The average molecular weight is 567 g/mol. The Balaban J connectivity index is 1.69. The molecule has 2 N–H and O–H groups in total. The number of aromatic nitrogens is 2. The fourth-order valence-electron chi connectivity index (χ4n) is 4.08. The van der Waals surface area contributed by atoms with Gasteiger partial charge in [0.05, 0.1) is 26.1 Å². The molecule has 0 aliphatic carbocycles. The lowest BCUT2D eigenvalue weighted by molar-refractivity contribution is -0.158. The lowest BCUT2D eigenvalue weighted by Gasteiger charge is -2.25. The minimum Gasteiger partial charge on any atom is -0.536 e. The second kappa shape index (κ2) is 14.9. The molecule has 2 heterocycles. The van der Waals surface area contributed by atoms with Crippen LogP contribution >= 0.6 is 0 Å². The van der Waals surface area contributed by atoms with Crippen LogP contribution < -0.4 is 10.6 Å². The van der Waals surface area contributed by atoms with Crippen LogP contribution in [0.4, 0.5) is 0 Å². The second-order valence-electron chi connectivity index (χ2n) is 9.79. The van der Waals surface area contributed by atoms with Crippen LogP contribution in [-0.4, -0.2) is 78.7 Å². The van der Waals surface area contributed by atoms with Crippen molar-refractivity contribution >= 4 is 37.2 Å². The van der Waals surface area contributed by atoms with Crippen molar-refractivity contribution < 1.29 is 42.8 Å². The molecule has 41 heavy (non-hydrogen) atoms. The third-order valence-electron chi connectivity index (χ3n) is 6.10. The van der Waals surface area contributed by atoms with Crippen LogP contribution in [0.25, 0.3) is 0 Å². The van der Waals surface area contributed by atoms with E-state index in [4.69, 9.17) is 14.1 Å². The number of benzene rings is 1. The highest BCUT2D eigenvalue weighted by molar-refractivity contribution is 6.33. The van der Waals surface area contributed by atoms with Crippen molar-refractivity contribution in [3.63, 3.8) is 0 Å². The van der Waals surface area contributed by atoms with E-state index >= 15 is 0 Å². The van der Waals surface area contributed by atoms with Gasteiger partial charge in [-0.2, -0.15) is 0 Å². The van der Waals surface area contributed by atoms with Crippen molar-refractivity contribution in [1.29, 1.82) is 0 Å². The highest BCUT2D eigenvalue weighted by Crippen LogP contribution is 2.29. The van der Waals surface area contributed by atoms with Crippen molar-refractivity contribution in [3.8, 4) is 0 Å². The quantitative estimate of drug-likeness (QED) is 0.243. The minimum absolute atomic E-state index is 0.0473. The van der Waals surface area contributed by atoms with Crippen LogP contribution in [0, 0.1) is 5.92 Å². The van der Waals surface area contributed by atoms with Gasteiger partial charge in [0.1, 0.15) is 11.7 Å². The average Bonchev–Trinajstić information content (AvgIpc) is 3.30. The summed E-state index contributed by atoms with van der Waals surface area (Å²) in [6, 6.07) is 8.14. The molecule has 3 rings (SSSR count). The molecule has 217 valence electrons. The summed E-state index contributed by atoms with van der Waals surface area (Å²) in [5.41, 5.74) is -1.01. The van der Waals surface area contributed by atoms with E-state index in [9.17, 15) is 24.0 Å². The zero-order valence-corrected chi connectivity index (χ0v) is 23.0. The number of methoxy groups -OCH3 is 1. The van der Waals surface area contributed by atoms with Gasteiger partial charge in [0.15, 0.2) is 12.4 Å². The van der Waals surface area contributed by atoms with Gasteiger partial charge in [-0.05, 0) is 17.9 Å². The number of carbonyl (C=O) groups excluding carboxylic acids is 5. The van der Waals surface area contributed by atoms with Crippen LogP contribution in [-0.2, 0) is 44.5 Å². The first kappa shape index (κ1) is 31.2. The molecule has 1 aliphatic heterocycles. The molecular formula is C27H32BN4O9. The van der Waals surface area contributed by atoms with Gasteiger partial charge in [0, 0.05) is 24.8 Å². The summed E-state index contributed by atoms with van der Waals surface area (Å²) in [5.74, 6) is -4.29. The first-order valence-electron chi connectivity index (χ1n) is 12.9. The Kier molecular flexibility index (Phi) is 11.3. The third kappa shape index (κ3) is 9.38. The number of hydrogen-bond acceptors (Lipinski definition) is 11. The molecule has 0 spiro atoms. The van der Waals surface area contributed by atoms with Crippen molar-refractivity contribution in [2.24, 2.45) is 5.92 Å². The van der Waals surface area contributed by atoms with Crippen molar-refractivity contribution in [2.45, 2.75) is 57.1 Å². The Labute approximate surface area is 238 Å². The molecule has 3 atom stereocenters. The molecule has 0 saturated carbocycles. The Morgan fingerprint density at radius 3 is 2.41 bits per heavy atom. The van der Waals surface area contributed by atoms with Gasteiger partial charge in [-0.1, -0.05) is 44.2 Å². The van der Waals surface area contributed by atoms with Crippen molar-refractivity contribution in [3.05, 3.63) is 60.2 Å². The van der Waals surface area contributed by atoms with E-state index in [2.05, 4.69) is 25.3 Å². The topological polar surface area (TPSA) is 172 Å². The molecule has 1 aliphatic rings. The van der Waals surface area contributed by atoms with Gasteiger partial charge in [-0.25, -0.2) is 9.78 Å². The van der Waals surface area contributed by atoms with Crippen molar-refractivity contribution in [2.75, 3.05) is 13.9 Å². The lowest BCUT2D eigenvalue weighted by atomic mass is 9.81. The molecule has 1 aromatic heterocycles. The fourth-order valence-corrected chi connectivity index (χ4v) is 4.08. The lowest BCUT2D eigenvalue weighted by Crippen LogP contribution is -2.53. The van der Waals surface area contributed by atoms with Crippen LogP contribution in [0.3, 0.4) is 0 Å². The SMILES string of the molecule is COC(=O)C[C@@]1(CC(=O)O[B][C@H](CC(C)C)NC(=O)[C@H](Cc2ccccc2)NC(=O)c2cnccn2)OCOC1=O. The summed E-state index contributed by atoms with van der Waals surface area (Å²) in [6.07, 6.45) is 3.52. The summed E-state index contributed by atoms with van der Waals surface area (Å²) < 4.78 is 20.0. The first-order chi connectivity index (χ1) is 19.6. The van der Waals surface area contributed by atoms with Crippen LogP contribution in [0.1, 0.15) is 49.2 Å². The van der Waals surface area contributed by atoms with E-state index in [1.54, 1.807) is 0 Å². The molecule has 1 radical (unpaired) electrons. The molecule has 14 heteroatoms. The Bertz CT molecular complexity index is 1220. The summed E-state index contributed by atoms with van der Waals surface area (Å²) in [5, 5.41) is 5.51. The van der Waals surface area contributed by atoms with Gasteiger partial charge < -0.3 is 29.5 Å². The van der Waals surface area contributed by atoms with Gasteiger partial charge in [0.25, 0.3) is 11.9 Å². The number of hydrogen-bond donors (Lipinski definition) is 2. The van der Waals surface area contributed by atoms with Gasteiger partial charge in [0.2, 0.25) is 5.91 Å². The minimum atomic E-state index is -1.86. The number of cyclic esters (lactones) is 1. The molecule has 0 bridgehead atoms. The normalized spacial score (nSPS) is 17.6. The highest BCUT2D eigenvalue weighted by Gasteiger charge is 2.50. The maximum atomic E-state index is 13.4. The standard InChI is InChI=1S/C27H32BN4O9/c1-17(2)11-21(28-41-23(34)14-27(13-22(33)38-3)26(37)39-16-40-27)32-24(35)19(12-18-7-5-4-6-8-18)31-25(36)20-15-29-9-10-30-20/h4-10,15,17,19,21H,11-14,16H2,1-3H3,(H,31,36)(H,32,35)/t19-,21-,27-/m0/s1. The van der Waals surface area contributed by atoms with Gasteiger partial charge in [-0.15, -0.1) is 0 Å². The van der Waals surface area contributed by atoms with Crippen LogP contribution in [0.5, 0.6) is 0 Å². The van der Waals surface area contributed by atoms with Crippen molar-refractivity contribution in [1.82, 2.24) is 20.6 Å². The number of esters is 2. The number of nitrogens with zero attached hydrogens (tertiary/aromatic N) is 2. The molecule has 1 aromatic carbocycles. The predicted octanol–water partition coefficient (Wildman–Crippen LogP) is 0.691. The molecule has 1 saturated heterocycles. The number of nitrogens with one attached hydrogen (secondary N) is 2. The van der Waals surface area contributed by atoms with E-state index in [1.807, 2.05) is 44.2 Å². The number of rotatable bonds is 14. The number of carbonyl (C=O) groups is 5. The van der Waals surface area contributed by atoms with E-state index in [-0.39, 0.29) is 18.0 Å². The molecule has 2 amide bonds. The van der Waals surface area contributed by atoms with E-state index in [0.29, 0.717) is 6.42 Å². The predicted molar refractivity (Wildman–Crippen MR) is 143 cm³/mol. The second-order valence-corrected chi connectivity index (χ2v) is 9.79. The van der Waals surface area contributed by atoms with E-state index < -0.39 is 66.9 Å². The van der Waals surface area contributed by atoms with E-state index in [1.165, 1.54) is 18.6 Å². The van der Waals surface area contributed by atoms with Gasteiger partial charge >= 0.3 is 19.4 Å². The summed E-state index contributed by atoms with van der Waals surface area (Å²) in [7, 11) is 2.29. The molecule has 13 nitrogen and oxygen atoms in total. The maximum absolute atomic E-state index is 13.4. The van der Waals surface area contributed by atoms with Gasteiger partial charge in [-0.3, -0.25) is 24.2 Å².